The van der Waals surface area contributed by atoms with Crippen LogP contribution in [-0.4, -0.2) is 10.7 Å². The molecule has 0 N–H and O–H groups in total. The van der Waals surface area contributed by atoms with Gasteiger partial charge in [-0.2, -0.15) is 0 Å². The first-order chi connectivity index (χ1) is 13.5. The van der Waals surface area contributed by atoms with E-state index in [0.29, 0.717) is 16.1 Å². The number of hydrogen-bond acceptors (Lipinski definition) is 3. The summed E-state index contributed by atoms with van der Waals surface area (Å²) in [5.41, 5.74) is 0.835. The number of aryl methyl sites for hydroxylation is 1. The van der Waals surface area contributed by atoms with Gasteiger partial charge in [-0.05, 0) is 38.6 Å². The fraction of sp³-hybridized carbons (Fsp3) is 0.222. The Balaban J connectivity index is 1.91. The minimum absolute atomic E-state index is 0.0166. The molecule has 104 valence electrons. The molecule has 1 aliphatic rings. The average molecular weight is 300 g/mol. The second-order valence-corrected chi connectivity index (χ2v) is 5.76. The Morgan fingerprint density at radius 3 is 3.05 bits per heavy atom. The zero-order valence-corrected chi connectivity index (χ0v) is 11.7. The molecule has 2 unspecified atom stereocenters. The number of nitrogens with zero attached hydrogens (tertiary/aromatic N) is 2. The monoisotopic (exact) mass is 300 g/mol. The first-order valence-electron chi connectivity index (χ1n) is 10.6. The molecule has 1 aliphatic heterocycles. The maximum absolute atomic E-state index is 8.41. The molecule has 0 spiro atoms. The molecule has 1 aromatic carbocycles. The molecule has 0 saturated heterocycles. The molecular formula is C18H16N2S. The van der Waals surface area contributed by atoms with Crippen molar-refractivity contribution in [3.63, 3.8) is 0 Å². The molecule has 2 aromatic heterocycles. The predicted octanol–water partition coefficient (Wildman–Crippen LogP) is 5.24. The highest BCUT2D eigenvalue weighted by atomic mass is 32.1. The summed E-state index contributed by atoms with van der Waals surface area (Å²) < 4.78 is 62.7. The van der Waals surface area contributed by atoms with Crippen LogP contribution in [0.25, 0.3) is 20.3 Å². The van der Waals surface area contributed by atoms with Gasteiger partial charge >= 0.3 is 0 Å². The van der Waals surface area contributed by atoms with E-state index in [2.05, 4.69) is 9.98 Å². The van der Waals surface area contributed by atoms with Crippen LogP contribution in [0.15, 0.2) is 47.1 Å². The number of pyridine rings is 1. The van der Waals surface area contributed by atoms with E-state index in [1.54, 1.807) is 18.2 Å². The first kappa shape index (κ1) is 6.84. The van der Waals surface area contributed by atoms with Gasteiger partial charge in [0.15, 0.2) is 0 Å². The molecule has 3 heterocycles. The lowest BCUT2D eigenvalue weighted by Gasteiger charge is -2.11. The van der Waals surface area contributed by atoms with Gasteiger partial charge < -0.3 is 0 Å². The van der Waals surface area contributed by atoms with E-state index >= 15 is 0 Å². The van der Waals surface area contributed by atoms with Crippen molar-refractivity contribution in [1.82, 2.24) is 4.98 Å². The molecule has 0 aliphatic carbocycles. The maximum atomic E-state index is 8.41. The zero-order chi connectivity index (χ0) is 21.1. The first-order valence-corrected chi connectivity index (χ1v) is 7.26. The maximum Gasteiger partial charge on any atom is 0.124 e. The van der Waals surface area contributed by atoms with Gasteiger partial charge in [0.25, 0.3) is 0 Å². The Morgan fingerprint density at radius 1 is 1.14 bits per heavy atom. The highest BCUT2D eigenvalue weighted by molar-refractivity contribution is 7.25. The van der Waals surface area contributed by atoms with Crippen molar-refractivity contribution in [2.24, 2.45) is 4.99 Å². The topological polar surface area (TPSA) is 25.2 Å². The lowest BCUT2D eigenvalue weighted by Crippen LogP contribution is -2.04. The summed E-state index contributed by atoms with van der Waals surface area (Å²) >= 11 is 1.30. The summed E-state index contributed by atoms with van der Waals surface area (Å²) in [6.07, 6.45) is -1.20. The number of hydrogen-bond donors (Lipinski definition) is 0. The Bertz CT molecular complexity index is 1170. The van der Waals surface area contributed by atoms with Crippen LogP contribution in [0.1, 0.15) is 41.9 Å². The number of aliphatic imine (C=N–C) groups is 1. The van der Waals surface area contributed by atoms with E-state index in [0.717, 1.165) is 15.5 Å². The summed E-state index contributed by atoms with van der Waals surface area (Å²) in [5, 5.41) is 1.66. The molecule has 4 rings (SSSR count). The van der Waals surface area contributed by atoms with Crippen molar-refractivity contribution in [3.05, 3.63) is 53.4 Å². The second-order valence-electron chi connectivity index (χ2n) is 4.77. The summed E-state index contributed by atoms with van der Waals surface area (Å²) in [4.78, 5) is 9.10. The van der Waals surface area contributed by atoms with Crippen molar-refractivity contribution in [2.75, 3.05) is 0 Å². The minimum atomic E-state index is -2.46. The van der Waals surface area contributed by atoms with E-state index in [4.69, 9.17) is 11.0 Å². The van der Waals surface area contributed by atoms with Crippen LogP contribution in [0.3, 0.4) is 0 Å². The molecule has 0 fully saturated rings. The number of fused-ring (bicyclic) bond motifs is 3. The number of rotatable bonds is 1. The molecule has 3 heteroatoms. The van der Waals surface area contributed by atoms with E-state index in [9.17, 15) is 0 Å². The fourth-order valence-corrected chi connectivity index (χ4v) is 3.63. The van der Waals surface area contributed by atoms with Crippen molar-refractivity contribution < 1.29 is 11.0 Å². The Labute approximate surface area is 139 Å². The second kappa shape index (κ2) is 4.78. The van der Waals surface area contributed by atoms with Crippen LogP contribution in [0.2, 0.25) is 0 Å². The highest BCUT2D eigenvalue weighted by Crippen LogP contribution is 2.36. The lowest BCUT2D eigenvalue weighted by molar-refractivity contribution is 0.978. The molecular weight excluding hydrogens is 276 g/mol. The van der Waals surface area contributed by atoms with Gasteiger partial charge in [0.2, 0.25) is 0 Å². The zero-order valence-electron chi connectivity index (χ0n) is 18.9. The van der Waals surface area contributed by atoms with Crippen LogP contribution in [-0.2, 0) is 0 Å². The fourth-order valence-electron chi connectivity index (χ4n) is 2.43. The molecule has 0 amide bonds. The quantitative estimate of drug-likeness (QED) is 0.603. The van der Waals surface area contributed by atoms with Crippen molar-refractivity contribution in [3.8, 4) is 0 Å². The molecule has 3 aromatic rings. The number of thiophene rings is 1. The molecule has 0 saturated carbocycles. The highest BCUT2D eigenvalue weighted by Gasteiger charge is 2.14. The van der Waals surface area contributed by atoms with Crippen molar-refractivity contribution in [1.29, 1.82) is 0 Å². The van der Waals surface area contributed by atoms with Crippen LogP contribution in [0, 0.1) is 6.85 Å². The van der Waals surface area contributed by atoms with Gasteiger partial charge in [0.1, 0.15) is 4.83 Å². The van der Waals surface area contributed by atoms with Gasteiger partial charge in [-0.3, -0.25) is 4.99 Å². The molecule has 0 bridgehead atoms. The van der Waals surface area contributed by atoms with Crippen molar-refractivity contribution >= 4 is 37.4 Å². The van der Waals surface area contributed by atoms with Gasteiger partial charge in [0.05, 0.1) is 0 Å². The molecule has 2 atom stereocenters. The summed E-state index contributed by atoms with van der Waals surface area (Å²) in [6, 6.07) is 8.69. The molecule has 21 heavy (non-hydrogen) atoms. The molecule has 2 nitrogen and oxygen atoms in total. The van der Waals surface area contributed by atoms with Crippen molar-refractivity contribution in [2.45, 2.75) is 26.5 Å². The minimum Gasteiger partial charge on any atom is -0.261 e. The van der Waals surface area contributed by atoms with E-state index < -0.39 is 26.5 Å². The van der Waals surface area contributed by atoms with Crippen LogP contribution in [0.4, 0.5) is 0 Å². The predicted molar refractivity (Wildman–Crippen MR) is 91.4 cm³/mol. The summed E-state index contributed by atoms with van der Waals surface area (Å²) in [7, 11) is 0. The van der Waals surface area contributed by atoms with Gasteiger partial charge in [-0.15, -0.1) is 11.3 Å². The van der Waals surface area contributed by atoms with Crippen LogP contribution in [0.5, 0.6) is 0 Å². The molecule has 0 radical (unpaired) electrons. The SMILES string of the molecule is [2H]C1C(C([2H])([2H])[2H])=CN=C(c2cccc3c2sc2nc(C([2H])([2H])[2H])ccc23)C1[2H]. The lowest BCUT2D eigenvalue weighted by atomic mass is 9.99. The number of aromatic nitrogens is 1. The van der Waals surface area contributed by atoms with E-state index in [1.165, 1.54) is 23.6 Å². The Morgan fingerprint density at radius 2 is 2.14 bits per heavy atom. The Kier molecular flexibility index (Phi) is 1.56. The third kappa shape index (κ3) is 2.09. The third-order valence-corrected chi connectivity index (χ3v) is 4.55. The number of allylic oxidation sites excluding steroid dienone is 1. The third-order valence-electron chi connectivity index (χ3n) is 3.40. The normalized spacial score (nSPS) is 29.1. The van der Waals surface area contributed by atoms with Crippen LogP contribution < -0.4 is 0 Å². The van der Waals surface area contributed by atoms with Gasteiger partial charge in [-0.1, -0.05) is 23.8 Å². The smallest absolute Gasteiger partial charge is 0.124 e. The summed E-state index contributed by atoms with van der Waals surface area (Å²) in [6.45, 7) is -4.76. The summed E-state index contributed by atoms with van der Waals surface area (Å²) in [5.74, 6) is 0. The van der Waals surface area contributed by atoms with Gasteiger partial charge in [-0.25, -0.2) is 4.98 Å². The number of benzene rings is 1. The Hall–Kier alpha value is -2.00. The van der Waals surface area contributed by atoms with E-state index in [-0.39, 0.29) is 11.3 Å². The largest absolute Gasteiger partial charge is 0.261 e. The van der Waals surface area contributed by atoms with Crippen LogP contribution >= 0.6 is 11.3 Å². The van der Waals surface area contributed by atoms with E-state index in [1.807, 2.05) is 6.07 Å². The van der Waals surface area contributed by atoms with Gasteiger partial charge in [0, 0.05) is 49.6 Å². The average Bonchev–Trinajstić information content (AvgIpc) is 3.00. The standard InChI is InChI=1S/C18H16N2S/c1-11-6-9-16(19-10-11)15-5-3-4-13-14-8-7-12(2)20-18(14)21-17(13)15/h3-5,7-8,10H,6,9H2,1-2H3/i1D3,2D3,6D,9D.